The van der Waals surface area contributed by atoms with Crippen LogP contribution < -0.4 is 20.7 Å². The summed E-state index contributed by atoms with van der Waals surface area (Å²) in [6.07, 6.45) is 9.09. The number of aromatic hydroxyl groups is 1. The molecule has 0 atom stereocenters. The van der Waals surface area contributed by atoms with Gasteiger partial charge in [-0.15, -0.1) is 0 Å². The Morgan fingerprint density at radius 1 is 0.688 bits per heavy atom. The van der Waals surface area contributed by atoms with E-state index in [1.165, 1.54) is 18.2 Å². The zero-order valence-electron chi connectivity index (χ0n) is 18.0. The molecule has 2 aromatic rings. The Labute approximate surface area is 188 Å². The number of phenols is 1. The van der Waals surface area contributed by atoms with Gasteiger partial charge in [-0.05, 0) is 79.9 Å². The van der Waals surface area contributed by atoms with Crippen molar-refractivity contribution in [1.82, 2.24) is 16.0 Å². The van der Waals surface area contributed by atoms with Crippen molar-refractivity contribution in [3.05, 3.63) is 65.7 Å². The number of amides is 2. The van der Waals surface area contributed by atoms with Gasteiger partial charge in [-0.3, -0.25) is 9.59 Å². The summed E-state index contributed by atoms with van der Waals surface area (Å²) in [5.74, 6) is 0.537. The van der Waals surface area contributed by atoms with Crippen LogP contribution in [0.1, 0.15) is 30.4 Å². The highest BCUT2D eigenvalue weighted by Crippen LogP contribution is 2.32. The lowest BCUT2D eigenvalue weighted by Crippen LogP contribution is -2.27. The van der Waals surface area contributed by atoms with Gasteiger partial charge in [0.05, 0.1) is 0 Å². The summed E-state index contributed by atoms with van der Waals surface area (Å²) >= 11 is 0. The summed E-state index contributed by atoms with van der Waals surface area (Å²) in [5, 5.41) is 19.2. The summed E-state index contributed by atoms with van der Waals surface area (Å²) in [4.78, 5) is 24.0. The molecule has 2 aliphatic rings. The van der Waals surface area contributed by atoms with Crippen LogP contribution in [0, 0.1) is 0 Å². The maximum atomic E-state index is 12.0. The first kappa shape index (κ1) is 23.1. The Morgan fingerprint density at radius 3 is 2.03 bits per heavy atom. The van der Waals surface area contributed by atoms with Crippen molar-refractivity contribution in [3.8, 4) is 17.2 Å². The van der Waals surface area contributed by atoms with Crippen LogP contribution in [0.15, 0.2) is 54.6 Å². The van der Waals surface area contributed by atoms with E-state index in [2.05, 4.69) is 16.0 Å². The largest absolute Gasteiger partial charge is 0.504 e. The lowest BCUT2D eigenvalue weighted by Gasteiger charge is -2.09. The first-order chi connectivity index (χ1) is 15.6. The molecular formula is C25H29N3O4. The molecule has 0 fully saturated rings. The molecule has 2 aromatic carbocycles. The number of rotatable bonds is 0. The van der Waals surface area contributed by atoms with E-state index in [4.69, 9.17) is 4.74 Å². The summed E-state index contributed by atoms with van der Waals surface area (Å²) in [6, 6.07) is 12.1. The van der Waals surface area contributed by atoms with Crippen LogP contribution in [0.3, 0.4) is 0 Å². The van der Waals surface area contributed by atoms with E-state index in [-0.39, 0.29) is 23.3 Å². The van der Waals surface area contributed by atoms with Gasteiger partial charge in [0.1, 0.15) is 5.75 Å². The molecule has 2 aliphatic heterocycles. The van der Waals surface area contributed by atoms with E-state index in [0.29, 0.717) is 18.8 Å². The van der Waals surface area contributed by atoms with Gasteiger partial charge in [0.15, 0.2) is 11.5 Å². The van der Waals surface area contributed by atoms with Gasteiger partial charge in [-0.25, -0.2) is 0 Å². The van der Waals surface area contributed by atoms with Gasteiger partial charge in [0.25, 0.3) is 0 Å². The van der Waals surface area contributed by atoms with E-state index in [9.17, 15) is 14.7 Å². The molecule has 7 heteroatoms. The van der Waals surface area contributed by atoms with Crippen molar-refractivity contribution in [2.45, 2.75) is 19.3 Å². The standard InChI is InChI=1S/C25H29N3O4/c29-22-11-6-20-8-13-25(31)27-16-2-1-14-26-15-3-17-28-24(30)12-7-19-4-9-21(10-5-19)32-23(22)18-20/h4-13,18,26,29H,1-3,14-17H2,(H,27,31)(H,28,30)/b12-7?,13-8-. The van der Waals surface area contributed by atoms with Gasteiger partial charge in [0, 0.05) is 25.2 Å². The molecular weight excluding hydrogens is 406 g/mol. The molecule has 0 spiro atoms. The maximum Gasteiger partial charge on any atom is 0.243 e. The first-order valence-electron chi connectivity index (χ1n) is 10.8. The molecule has 0 unspecified atom stereocenters. The predicted molar refractivity (Wildman–Crippen MR) is 125 cm³/mol. The van der Waals surface area contributed by atoms with Crippen molar-refractivity contribution in [3.63, 3.8) is 0 Å². The smallest absolute Gasteiger partial charge is 0.243 e. The Morgan fingerprint density at radius 2 is 1.28 bits per heavy atom. The Balaban J connectivity index is 1.72. The number of benzene rings is 2. The van der Waals surface area contributed by atoms with Crippen LogP contribution in [0.25, 0.3) is 12.2 Å². The minimum absolute atomic E-state index is 0.00212. The normalized spacial score (nSPS) is 17.5. The van der Waals surface area contributed by atoms with Gasteiger partial charge in [-0.2, -0.15) is 0 Å². The van der Waals surface area contributed by atoms with Gasteiger partial charge < -0.3 is 25.8 Å². The second kappa shape index (κ2) is 12.3. The number of phenolic OH excluding ortho intramolecular Hbond substituents is 1. The fraction of sp³-hybridized carbons (Fsp3) is 0.280. The average molecular weight is 436 g/mol. The van der Waals surface area contributed by atoms with E-state index in [0.717, 1.165) is 43.5 Å². The minimum atomic E-state index is -0.164. The number of nitrogens with one attached hydrogen (secondary N) is 3. The highest BCUT2D eigenvalue weighted by molar-refractivity contribution is 5.92. The lowest BCUT2D eigenvalue weighted by atomic mass is 10.1. The van der Waals surface area contributed by atoms with Crippen LogP contribution >= 0.6 is 0 Å². The molecule has 0 saturated carbocycles. The maximum absolute atomic E-state index is 12.0. The quantitative estimate of drug-likeness (QED) is 0.509. The molecule has 168 valence electrons. The topological polar surface area (TPSA) is 99.7 Å². The Kier molecular flexibility index (Phi) is 8.89. The molecule has 2 amide bonds. The Bertz CT molecular complexity index is 968. The average Bonchev–Trinajstić information content (AvgIpc) is 2.79. The SMILES string of the molecule is O=C1C=Cc2ccc(cc2)Oc2cc(ccc2O)/C=C\C(=O)NCCCCNCCCN1. The number of ether oxygens (including phenoxy) is 1. The molecule has 32 heavy (non-hydrogen) atoms. The third-order valence-electron chi connectivity index (χ3n) is 4.86. The van der Waals surface area contributed by atoms with E-state index in [1.54, 1.807) is 36.4 Å². The van der Waals surface area contributed by atoms with E-state index >= 15 is 0 Å². The van der Waals surface area contributed by atoms with Crippen LogP contribution in [0.5, 0.6) is 17.2 Å². The van der Waals surface area contributed by atoms with Crippen LogP contribution in [0.4, 0.5) is 0 Å². The highest BCUT2D eigenvalue weighted by Gasteiger charge is 2.06. The predicted octanol–water partition coefficient (Wildman–Crippen LogP) is 3.22. The number of carbonyl (C=O) groups excluding carboxylic acids is 2. The number of hydrogen-bond donors (Lipinski definition) is 4. The fourth-order valence-corrected chi connectivity index (χ4v) is 3.09. The summed E-state index contributed by atoms with van der Waals surface area (Å²) in [6.45, 7) is 2.90. The van der Waals surface area contributed by atoms with Gasteiger partial charge in [-0.1, -0.05) is 18.2 Å². The first-order valence-corrected chi connectivity index (χ1v) is 10.8. The molecule has 4 rings (SSSR count). The van der Waals surface area contributed by atoms with Gasteiger partial charge in [0.2, 0.25) is 11.8 Å². The molecule has 0 aromatic heterocycles. The van der Waals surface area contributed by atoms with Crippen molar-refractivity contribution in [1.29, 1.82) is 0 Å². The molecule has 0 saturated heterocycles. The molecule has 4 N–H and O–H groups in total. The summed E-state index contributed by atoms with van der Waals surface area (Å²) in [7, 11) is 0. The second-order valence-corrected chi connectivity index (χ2v) is 7.46. The van der Waals surface area contributed by atoms with Crippen molar-refractivity contribution < 1.29 is 19.4 Å². The highest BCUT2D eigenvalue weighted by atomic mass is 16.5. The summed E-state index contributed by atoms with van der Waals surface area (Å²) in [5.41, 5.74) is 1.59. The van der Waals surface area contributed by atoms with E-state index < -0.39 is 0 Å². The van der Waals surface area contributed by atoms with Crippen LogP contribution in [0.2, 0.25) is 0 Å². The van der Waals surface area contributed by atoms with Crippen LogP contribution in [-0.4, -0.2) is 43.1 Å². The number of hydrogen-bond acceptors (Lipinski definition) is 5. The number of fused-ring (bicyclic) bond motifs is 15. The molecule has 2 heterocycles. The monoisotopic (exact) mass is 435 g/mol. The molecule has 0 radical (unpaired) electrons. The third-order valence-corrected chi connectivity index (χ3v) is 4.86. The van der Waals surface area contributed by atoms with Crippen molar-refractivity contribution in [2.75, 3.05) is 26.2 Å². The van der Waals surface area contributed by atoms with Crippen LogP contribution in [-0.2, 0) is 9.59 Å². The van der Waals surface area contributed by atoms with Gasteiger partial charge >= 0.3 is 0 Å². The summed E-state index contributed by atoms with van der Waals surface area (Å²) < 4.78 is 5.79. The lowest BCUT2D eigenvalue weighted by molar-refractivity contribution is -0.117. The molecule has 4 bridgehead atoms. The Hall–Kier alpha value is -3.58. The van der Waals surface area contributed by atoms with Crippen molar-refractivity contribution in [2.24, 2.45) is 0 Å². The second-order valence-electron chi connectivity index (χ2n) is 7.46. The third kappa shape index (κ3) is 7.92. The minimum Gasteiger partial charge on any atom is -0.504 e. The zero-order valence-corrected chi connectivity index (χ0v) is 18.0. The molecule has 7 nitrogen and oxygen atoms in total. The zero-order chi connectivity index (χ0) is 22.6. The fourth-order valence-electron chi connectivity index (χ4n) is 3.09. The van der Waals surface area contributed by atoms with Crippen molar-refractivity contribution >= 4 is 24.0 Å². The molecule has 0 aliphatic carbocycles. The van der Waals surface area contributed by atoms with E-state index in [1.807, 2.05) is 12.1 Å². The number of carbonyl (C=O) groups is 2.